The van der Waals surface area contributed by atoms with Crippen LogP contribution < -0.4 is 15.6 Å². The Balaban J connectivity index is 1.87. The molecule has 0 bridgehead atoms. The molecule has 4 heteroatoms. The van der Waals surface area contributed by atoms with Crippen LogP contribution in [0.1, 0.15) is 11.1 Å². The highest BCUT2D eigenvalue weighted by Gasteiger charge is 2.12. The van der Waals surface area contributed by atoms with Crippen LogP contribution in [0, 0.1) is 5.41 Å². The van der Waals surface area contributed by atoms with Crippen molar-refractivity contribution >= 4 is 17.6 Å². The van der Waals surface area contributed by atoms with E-state index in [1.807, 2.05) is 48.7 Å². The molecule has 0 aliphatic carbocycles. The lowest BCUT2D eigenvalue weighted by Crippen LogP contribution is -2.23. The highest BCUT2D eigenvalue weighted by atomic mass is 16.7. The summed E-state index contributed by atoms with van der Waals surface area (Å²) in [6.07, 6.45) is 3.86. The smallest absolute Gasteiger partial charge is 0.163 e. The second-order valence-corrected chi connectivity index (χ2v) is 4.23. The zero-order chi connectivity index (χ0) is 13.2. The Labute approximate surface area is 111 Å². The number of hydrogen-bond acceptors (Lipinski definition) is 3. The van der Waals surface area contributed by atoms with Gasteiger partial charge in [-0.15, -0.1) is 0 Å². The summed E-state index contributed by atoms with van der Waals surface area (Å²) < 4.78 is 0. The first kappa shape index (κ1) is 11.3. The average molecular weight is 251 g/mol. The zero-order valence-electron chi connectivity index (χ0n) is 10.2. The Hall–Kier alpha value is -2.75. The SMILES string of the molecule is N=C(N)c1ccc(N2C=Cc3ccccc3O2)cc1. The quantitative estimate of drug-likeness (QED) is 0.637. The molecule has 3 rings (SSSR count). The maximum atomic E-state index is 7.37. The van der Waals surface area contributed by atoms with Crippen molar-refractivity contribution in [3.8, 4) is 5.75 Å². The number of para-hydroxylation sites is 1. The first-order chi connectivity index (χ1) is 9.24. The van der Waals surface area contributed by atoms with Crippen LogP contribution in [0.15, 0.2) is 54.7 Å². The summed E-state index contributed by atoms with van der Waals surface area (Å²) in [5.74, 6) is 0.882. The molecule has 1 heterocycles. The van der Waals surface area contributed by atoms with E-state index in [-0.39, 0.29) is 5.84 Å². The fraction of sp³-hybridized carbons (Fsp3) is 0. The van der Waals surface area contributed by atoms with Crippen LogP contribution in [0.25, 0.3) is 6.08 Å². The summed E-state index contributed by atoms with van der Waals surface area (Å²) in [5, 5.41) is 9.05. The number of nitrogen functional groups attached to an aromatic ring is 1. The van der Waals surface area contributed by atoms with E-state index in [9.17, 15) is 0 Å². The summed E-state index contributed by atoms with van der Waals surface area (Å²) in [6.45, 7) is 0. The number of rotatable bonds is 2. The van der Waals surface area contributed by atoms with Gasteiger partial charge in [0.2, 0.25) is 0 Å². The van der Waals surface area contributed by atoms with Gasteiger partial charge >= 0.3 is 0 Å². The molecule has 0 spiro atoms. The van der Waals surface area contributed by atoms with Crippen LogP contribution >= 0.6 is 0 Å². The molecule has 2 aromatic rings. The lowest BCUT2D eigenvalue weighted by atomic mass is 10.1. The van der Waals surface area contributed by atoms with E-state index >= 15 is 0 Å². The number of nitrogens with one attached hydrogen (secondary N) is 1. The number of hydrogen-bond donors (Lipinski definition) is 2. The highest BCUT2D eigenvalue weighted by molar-refractivity contribution is 5.95. The number of benzene rings is 2. The van der Waals surface area contributed by atoms with Crippen molar-refractivity contribution in [3.05, 3.63) is 65.9 Å². The minimum absolute atomic E-state index is 0.0620. The fourth-order valence-corrected chi connectivity index (χ4v) is 1.91. The Morgan fingerprint density at radius 1 is 1.05 bits per heavy atom. The summed E-state index contributed by atoms with van der Waals surface area (Å²) in [6, 6.07) is 15.2. The van der Waals surface area contributed by atoms with Crippen molar-refractivity contribution < 1.29 is 4.84 Å². The van der Waals surface area contributed by atoms with E-state index in [2.05, 4.69) is 0 Å². The molecule has 1 aliphatic rings. The number of nitrogens with two attached hydrogens (primary N) is 1. The second kappa shape index (κ2) is 4.49. The molecule has 2 aromatic carbocycles. The Kier molecular flexibility index (Phi) is 2.68. The van der Waals surface area contributed by atoms with Gasteiger partial charge in [-0.25, -0.2) is 0 Å². The molecule has 0 aromatic heterocycles. The second-order valence-electron chi connectivity index (χ2n) is 4.23. The van der Waals surface area contributed by atoms with Gasteiger partial charge in [0.1, 0.15) is 5.84 Å². The van der Waals surface area contributed by atoms with E-state index in [0.29, 0.717) is 5.56 Å². The van der Waals surface area contributed by atoms with Crippen LogP contribution in [0.5, 0.6) is 5.75 Å². The van der Waals surface area contributed by atoms with Gasteiger partial charge in [-0.3, -0.25) is 5.41 Å². The molecule has 0 amide bonds. The summed E-state index contributed by atoms with van der Waals surface area (Å²) >= 11 is 0. The number of anilines is 1. The van der Waals surface area contributed by atoms with Gasteiger partial charge in [-0.1, -0.05) is 18.2 Å². The van der Waals surface area contributed by atoms with Gasteiger partial charge in [0.15, 0.2) is 5.75 Å². The third-order valence-corrected chi connectivity index (χ3v) is 2.94. The molecule has 0 saturated heterocycles. The van der Waals surface area contributed by atoms with Gasteiger partial charge in [0.05, 0.1) is 5.69 Å². The van der Waals surface area contributed by atoms with Crippen LogP contribution in [0.2, 0.25) is 0 Å². The van der Waals surface area contributed by atoms with Crippen molar-refractivity contribution in [3.63, 3.8) is 0 Å². The Morgan fingerprint density at radius 3 is 2.53 bits per heavy atom. The molecule has 0 radical (unpaired) electrons. The first-order valence-electron chi connectivity index (χ1n) is 5.93. The van der Waals surface area contributed by atoms with E-state index in [1.54, 1.807) is 17.2 Å². The minimum Gasteiger partial charge on any atom is -0.384 e. The maximum Gasteiger partial charge on any atom is 0.163 e. The average Bonchev–Trinajstić information content (AvgIpc) is 2.47. The summed E-state index contributed by atoms with van der Waals surface area (Å²) in [4.78, 5) is 5.78. The molecule has 94 valence electrons. The fourth-order valence-electron chi connectivity index (χ4n) is 1.91. The standard InChI is InChI=1S/C15H13N3O/c16-15(17)12-5-7-13(8-6-12)18-10-9-11-3-1-2-4-14(11)19-18/h1-10H,(H3,16,17). The number of amidine groups is 1. The summed E-state index contributed by atoms with van der Waals surface area (Å²) in [7, 11) is 0. The van der Waals surface area contributed by atoms with Gasteiger partial charge in [-0.05, 0) is 36.4 Å². The lowest BCUT2D eigenvalue weighted by molar-refractivity contribution is 0.315. The largest absolute Gasteiger partial charge is 0.384 e. The molecule has 0 unspecified atom stereocenters. The predicted octanol–water partition coefficient (Wildman–Crippen LogP) is 2.76. The van der Waals surface area contributed by atoms with Crippen molar-refractivity contribution in [2.24, 2.45) is 5.73 Å². The predicted molar refractivity (Wildman–Crippen MR) is 76.0 cm³/mol. The van der Waals surface area contributed by atoms with Gasteiger partial charge in [0, 0.05) is 17.3 Å². The van der Waals surface area contributed by atoms with Crippen LogP contribution in [-0.2, 0) is 0 Å². The minimum atomic E-state index is 0.0620. The van der Waals surface area contributed by atoms with Gasteiger partial charge in [-0.2, -0.15) is 5.06 Å². The van der Waals surface area contributed by atoms with Crippen LogP contribution in [0.4, 0.5) is 5.69 Å². The van der Waals surface area contributed by atoms with Gasteiger partial charge < -0.3 is 10.6 Å². The number of hydroxylamine groups is 1. The molecule has 19 heavy (non-hydrogen) atoms. The third kappa shape index (κ3) is 2.15. The van der Waals surface area contributed by atoms with E-state index in [1.165, 1.54) is 0 Å². The number of fused-ring (bicyclic) bond motifs is 1. The van der Waals surface area contributed by atoms with Crippen molar-refractivity contribution in [2.75, 3.05) is 5.06 Å². The van der Waals surface area contributed by atoms with E-state index in [0.717, 1.165) is 17.0 Å². The molecule has 0 atom stereocenters. The molecular weight excluding hydrogens is 238 g/mol. The molecule has 0 fully saturated rings. The summed E-state index contributed by atoms with van der Waals surface area (Å²) in [5.41, 5.74) is 8.07. The Morgan fingerprint density at radius 2 is 1.79 bits per heavy atom. The monoisotopic (exact) mass is 251 g/mol. The normalized spacial score (nSPS) is 12.7. The first-order valence-corrected chi connectivity index (χ1v) is 5.93. The van der Waals surface area contributed by atoms with Crippen molar-refractivity contribution in [1.82, 2.24) is 0 Å². The van der Waals surface area contributed by atoms with Crippen LogP contribution in [-0.4, -0.2) is 5.84 Å². The van der Waals surface area contributed by atoms with E-state index < -0.39 is 0 Å². The molecule has 0 saturated carbocycles. The zero-order valence-corrected chi connectivity index (χ0v) is 10.2. The Bertz CT molecular complexity index is 647. The molecule has 3 N–H and O–H groups in total. The molecule has 4 nitrogen and oxygen atoms in total. The third-order valence-electron chi connectivity index (χ3n) is 2.94. The highest BCUT2D eigenvalue weighted by Crippen LogP contribution is 2.28. The lowest BCUT2D eigenvalue weighted by Gasteiger charge is -2.25. The van der Waals surface area contributed by atoms with Crippen molar-refractivity contribution in [1.29, 1.82) is 5.41 Å². The topological polar surface area (TPSA) is 62.3 Å². The van der Waals surface area contributed by atoms with E-state index in [4.69, 9.17) is 16.0 Å². The van der Waals surface area contributed by atoms with Crippen LogP contribution in [0.3, 0.4) is 0 Å². The maximum absolute atomic E-state index is 7.37. The molecule has 1 aliphatic heterocycles. The van der Waals surface area contributed by atoms with Crippen molar-refractivity contribution in [2.45, 2.75) is 0 Å². The number of nitrogens with zero attached hydrogens (tertiary/aromatic N) is 1. The van der Waals surface area contributed by atoms with Gasteiger partial charge in [0.25, 0.3) is 0 Å². The molecular formula is C15H13N3O.